The lowest BCUT2D eigenvalue weighted by Gasteiger charge is -2.31. The molecule has 1 aromatic carbocycles. The molecule has 2 aromatic rings. The van der Waals surface area contributed by atoms with Gasteiger partial charge in [0.15, 0.2) is 0 Å². The Balaban J connectivity index is 1.75. The number of hydrogen-bond donors (Lipinski definition) is 1. The third kappa shape index (κ3) is 5.75. The molecule has 1 aromatic heterocycles. The van der Waals surface area contributed by atoms with E-state index in [4.69, 9.17) is 9.72 Å². The molecule has 1 aliphatic heterocycles. The predicted octanol–water partition coefficient (Wildman–Crippen LogP) is 7.91. The number of alkyl halides is 3. The molecule has 0 saturated carbocycles. The van der Waals surface area contributed by atoms with E-state index in [-0.39, 0.29) is 18.4 Å². The molecule has 2 heterocycles. The van der Waals surface area contributed by atoms with E-state index in [9.17, 15) is 13.2 Å². The summed E-state index contributed by atoms with van der Waals surface area (Å²) in [5.74, 6) is 1.44. The normalized spacial score (nSPS) is 17.4. The Hall–Kier alpha value is -3.28. The molecule has 1 aliphatic carbocycles. The summed E-state index contributed by atoms with van der Waals surface area (Å²) in [6.45, 7) is 9.14. The topological polar surface area (TPSA) is 34.1 Å². The first-order valence-electron chi connectivity index (χ1n) is 12.5. The van der Waals surface area contributed by atoms with Gasteiger partial charge in [-0.15, -0.1) is 0 Å². The van der Waals surface area contributed by atoms with Crippen LogP contribution in [0, 0.1) is 11.8 Å². The Kier molecular flexibility index (Phi) is 7.72. The van der Waals surface area contributed by atoms with Crippen molar-refractivity contribution in [2.45, 2.75) is 52.8 Å². The van der Waals surface area contributed by atoms with Gasteiger partial charge in [-0.05, 0) is 53.7 Å². The Labute approximate surface area is 211 Å². The van der Waals surface area contributed by atoms with Crippen LogP contribution < -0.4 is 5.32 Å². The maximum absolute atomic E-state index is 13.1. The number of rotatable bonds is 7. The molecule has 190 valence electrons. The number of hydrogen-bond acceptors (Lipinski definition) is 3. The van der Waals surface area contributed by atoms with Gasteiger partial charge in [-0.1, -0.05) is 76.2 Å². The SMILES string of the molecule is CC(C)C1=CCOC(C(C)C)=C1NC(c1ccccc1)c1cccc(C2=CC=C(C(F)(F)F)CC2)n1. The molecule has 1 N–H and O–H groups in total. The van der Waals surface area contributed by atoms with Crippen molar-refractivity contribution in [3.05, 3.63) is 106 Å². The van der Waals surface area contributed by atoms with E-state index >= 15 is 0 Å². The second-order valence-electron chi connectivity index (χ2n) is 9.84. The van der Waals surface area contributed by atoms with Crippen molar-refractivity contribution >= 4 is 5.57 Å². The van der Waals surface area contributed by atoms with E-state index in [1.54, 1.807) is 6.08 Å². The molecule has 0 radical (unpaired) electrons. The van der Waals surface area contributed by atoms with E-state index < -0.39 is 11.7 Å². The van der Waals surface area contributed by atoms with Crippen molar-refractivity contribution in [3.8, 4) is 0 Å². The fourth-order valence-corrected chi connectivity index (χ4v) is 4.67. The second-order valence-corrected chi connectivity index (χ2v) is 9.84. The summed E-state index contributed by atoms with van der Waals surface area (Å²) in [5.41, 5.74) is 5.05. The molecule has 4 rings (SSSR count). The average molecular weight is 495 g/mol. The van der Waals surface area contributed by atoms with Crippen LogP contribution in [0.5, 0.6) is 0 Å². The summed E-state index contributed by atoms with van der Waals surface area (Å²) in [5, 5.41) is 3.75. The largest absolute Gasteiger partial charge is 0.491 e. The lowest BCUT2D eigenvalue weighted by molar-refractivity contribution is -0.0939. The third-order valence-electron chi connectivity index (χ3n) is 6.55. The maximum atomic E-state index is 13.1. The van der Waals surface area contributed by atoms with Crippen molar-refractivity contribution in [2.24, 2.45) is 11.8 Å². The van der Waals surface area contributed by atoms with Crippen molar-refractivity contribution in [1.29, 1.82) is 0 Å². The molecule has 1 atom stereocenters. The van der Waals surface area contributed by atoms with Crippen LogP contribution in [0.25, 0.3) is 5.57 Å². The molecule has 36 heavy (non-hydrogen) atoms. The van der Waals surface area contributed by atoms with Gasteiger partial charge < -0.3 is 10.1 Å². The summed E-state index contributed by atoms with van der Waals surface area (Å²) in [4.78, 5) is 4.94. The molecule has 0 bridgehead atoms. The van der Waals surface area contributed by atoms with Gasteiger partial charge in [0, 0.05) is 11.5 Å². The highest BCUT2D eigenvalue weighted by Gasteiger charge is 2.34. The first kappa shape index (κ1) is 25.8. The Morgan fingerprint density at radius 3 is 2.25 bits per heavy atom. The summed E-state index contributed by atoms with van der Waals surface area (Å²) in [7, 11) is 0. The summed E-state index contributed by atoms with van der Waals surface area (Å²) >= 11 is 0. The van der Waals surface area contributed by atoms with Crippen LogP contribution >= 0.6 is 0 Å². The Bertz CT molecular complexity index is 1200. The number of nitrogens with zero attached hydrogens (tertiary/aromatic N) is 1. The standard InChI is InChI=1S/C30H33F3N2O/c1-19(2)24-17-18-36-29(20(3)4)28(24)35-27(22-9-6-5-7-10-22)26-12-8-11-25(34-26)21-13-15-23(16-14-21)30(31,32)33/h5-13,15,17,19-20,27,35H,14,16,18H2,1-4H3. The van der Waals surface area contributed by atoms with Gasteiger partial charge in [0.25, 0.3) is 0 Å². The number of benzene rings is 1. The Morgan fingerprint density at radius 2 is 1.64 bits per heavy atom. The average Bonchev–Trinajstić information content (AvgIpc) is 2.87. The van der Waals surface area contributed by atoms with Crippen molar-refractivity contribution in [1.82, 2.24) is 10.3 Å². The molecule has 6 heteroatoms. The van der Waals surface area contributed by atoms with Gasteiger partial charge >= 0.3 is 6.18 Å². The van der Waals surface area contributed by atoms with E-state index in [1.165, 1.54) is 11.6 Å². The zero-order chi connectivity index (χ0) is 25.9. The minimum Gasteiger partial charge on any atom is -0.491 e. The zero-order valence-electron chi connectivity index (χ0n) is 21.2. The molecule has 0 saturated heterocycles. The van der Waals surface area contributed by atoms with Gasteiger partial charge in [0.2, 0.25) is 0 Å². The van der Waals surface area contributed by atoms with Crippen molar-refractivity contribution in [2.75, 3.05) is 6.61 Å². The summed E-state index contributed by atoms with van der Waals surface area (Å²) < 4.78 is 45.3. The van der Waals surface area contributed by atoms with Gasteiger partial charge in [0.05, 0.1) is 23.1 Å². The van der Waals surface area contributed by atoms with Crippen LogP contribution in [0.1, 0.15) is 63.5 Å². The maximum Gasteiger partial charge on any atom is 0.412 e. The number of halogens is 3. The lowest BCUT2D eigenvalue weighted by atomic mass is 9.92. The van der Waals surface area contributed by atoms with Gasteiger partial charge in [0.1, 0.15) is 12.4 Å². The monoisotopic (exact) mass is 494 g/mol. The number of aromatic nitrogens is 1. The minimum atomic E-state index is -4.29. The molecule has 0 spiro atoms. The van der Waals surface area contributed by atoms with Crippen molar-refractivity contribution in [3.63, 3.8) is 0 Å². The van der Waals surface area contributed by atoms with Crippen LogP contribution in [0.3, 0.4) is 0 Å². The summed E-state index contributed by atoms with van der Waals surface area (Å²) in [6, 6.07) is 15.6. The van der Waals surface area contributed by atoms with Gasteiger partial charge in [-0.2, -0.15) is 13.2 Å². The smallest absolute Gasteiger partial charge is 0.412 e. The van der Waals surface area contributed by atoms with Gasteiger partial charge in [-0.3, -0.25) is 4.98 Å². The minimum absolute atomic E-state index is 0.0356. The molecule has 0 amide bonds. The molecule has 2 aliphatic rings. The number of pyridine rings is 1. The highest BCUT2D eigenvalue weighted by molar-refractivity contribution is 5.66. The van der Waals surface area contributed by atoms with E-state index in [0.717, 1.165) is 28.3 Å². The van der Waals surface area contributed by atoms with Crippen molar-refractivity contribution < 1.29 is 17.9 Å². The highest BCUT2D eigenvalue weighted by Crippen LogP contribution is 2.36. The highest BCUT2D eigenvalue weighted by atomic mass is 19.4. The molecular formula is C30H33F3N2O. The molecule has 1 unspecified atom stereocenters. The Morgan fingerprint density at radius 1 is 0.889 bits per heavy atom. The van der Waals surface area contributed by atoms with E-state index in [2.05, 4.69) is 51.2 Å². The van der Waals surface area contributed by atoms with E-state index in [1.807, 2.05) is 36.4 Å². The van der Waals surface area contributed by atoms with Gasteiger partial charge in [-0.25, -0.2) is 0 Å². The van der Waals surface area contributed by atoms with Crippen LogP contribution in [0.15, 0.2) is 89.4 Å². The van der Waals surface area contributed by atoms with Crippen LogP contribution in [-0.2, 0) is 4.74 Å². The number of nitrogens with one attached hydrogen (secondary N) is 1. The van der Waals surface area contributed by atoms with Crippen LogP contribution in [0.2, 0.25) is 0 Å². The second kappa shape index (κ2) is 10.8. The predicted molar refractivity (Wildman–Crippen MR) is 138 cm³/mol. The first-order chi connectivity index (χ1) is 17.1. The van der Waals surface area contributed by atoms with E-state index in [0.29, 0.717) is 24.6 Å². The summed E-state index contributed by atoms with van der Waals surface area (Å²) in [6.07, 6.45) is 0.845. The number of allylic oxidation sites excluding steroid dienone is 6. The first-order valence-corrected chi connectivity index (χ1v) is 12.5. The molecule has 3 nitrogen and oxygen atoms in total. The van der Waals surface area contributed by atoms with Crippen LogP contribution in [0.4, 0.5) is 13.2 Å². The fraction of sp³-hybridized carbons (Fsp3) is 0.367. The lowest BCUT2D eigenvalue weighted by Crippen LogP contribution is -2.29. The fourth-order valence-electron chi connectivity index (χ4n) is 4.67. The molecule has 0 fully saturated rings. The zero-order valence-corrected chi connectivity index (χ0v) is 21.2. The quantitative estimate of drug-likeness (QED) is 0.425. The third-order valence-corrected chi connectivity index (χ3v) is 6.55. The number of ether oxygens (including phenoxy) is 1. The van der Waals surface area contributed by atoms with Crippen LogP contribution in [-0.4, -0.2) is 17.8 Å². The molecular weight excluding hydrogens is 461 g/mol.